The molecule has 1 aliphatic heterocycles. The van der Waals surface area contributed by atoms with Crippen molar-refractivity contribution in [3.63, 3.8) is 0 Å². The summed E-state index contributed by atoms with van der Waals surface area (Å²) in [6, 6.07) is 6.53. The molecule has 1 fully saturated rings. The molecule has 3 amide bonds. The molecule has 3 heterocycles. The van der Waals surface area contributed by atoms with E-state index in [1.165, 1.54) is 21.3 Å². The van der Waals surface area contributed by atoms with Gasteiger partial charge in [-0.3, -0.25) is 15.1 Å². The number of carbonyl (C=O) groups is 2. The second-order valence-electron chi connectivity index (χ2n) is 6.39. The number of amides is 3. The third-order valence-corrected chi connectivity index (χ3v) is 4.79. The first kappa shape index (κ1) is 18.6. The van der Waals surface area contributed by atoms with Crippen LogP contribution < -0.4 is 24.8 Å². The number of pyridine rings is 1. The minimum Gasteiger partial charge on any atom is -0.493 e. The van der Waals surface area contributed by atoms with Crippen molar-refractivity contribution < 1.29 is 28.2 Å². The Morgan fingerprint density at radius 1 is 1.07 bits per heavy atom. The zero-order valence-electron chi connectivity index (χ0n) is 16.1. The van der Waals surface area contributed by atoms with E-state index >= 15 is 0 Å². The highest BCUT2D eigenvalue weighted by molar-refractivity contribution is 6.02. The Balaban J connectivity index is 1.81. The summed E-state index contributed by atoms with van der Waals surface area (Å²) in [6.07, 6.45) is 1.61. The first-order valence-corrected chi connectivity index (χ1v) is 8.83. The van der Waals surface area contributed by atoms with Crippen LogP contribution in [0.1, 0.15) is 11.5 Å². The molecular weight excluding hydrogens is 378 g/mol. The molecule has 0 aliphatic carbocycles. The number of nitrogens with zero attached hydrogens (tertiary/aromatic N) is 1. The van der Waals surface area contributed by atoms with E-state index in [2.05, 4.69) is 15.6 Å². The molecule has 0 spiro atoms. The average Bonchev–Trinajstić information content (AvgIpc) is 3.17. The molecule has 2 N–H and O–H groups in total. The van der Waals surface area contributed by atoms with Crippen molar-refractivity contribution in [1.29, 1.82) is 0 Å². The Labute approximate surface area is 165 Å². The lowest BCUT2D eigenvalue weighted by molar-refractivity contribution is -0.122. The summed E-state index contributed by atoms with van der Waals surface area (Å²) in [5.74, 6) is 1.03. The number of methoxy groups -OCH3 is 3. The van der Waals surface area contributed by atoms with Gasteiger partial charge in [-0.2, -0.15) is 0 Å². The lowest BCUT2D eigenvalue weighted by Gasteiger charge is -2.22. The molecule has 9 heteroatoms. The molecule has 0 bridgehead atoms. The first-order chi connectivity index (χ1) is 14.0. The van der Waals surface area contributed by atoms with Crippen LogP contribution in [0.5, 0.6) is 17.2 Å². The van der Waals surface area contributed by atoms with Crippen LogP contribution in [-0.4, -0.2) is 44.8 Å². The second kappa shape index (κ2) is 7.34. The van der Waals surface area contributed by atoms with Crippen LogP contribution >= 0.6 is 0 Å². The van der Waals surface area contributed by atoms with Crippen molar-refractivity contribution in [3.05, 3.63) is 36.0 Å². The molecule has 0 saturated carbocycles. The number of benzene rings is 1. The summed E-state index contributed by atoms with van der Waals surface area (Å²) in [7, 11) is 4.61. The van der Waals surface area contributed by atoms with Gasteiger partial charge in [0.15, 0.2) is 17.1 Å². The standard InChI is InChI=1S/C20H19N3O6/c1-26-15-6-10(7-16(27-2)18(15)28-3)14-8-13-17(29-14)11(4-5-21-13)12-9-22-20(25)23-19(12)24/h4-8,12H,9H2,1-3H3,(H2,22,23,24,25). The Morgan fingerprint density at radius 2 is 1.79 bits per heavy atom. The zero-order chi connectivity index (χ0) is 20.5. The van der Waals surface area contributed by atoms with E-state index in [1.807, 2.05) is 0 Å². The number of nitrogens with one attached hydrogen (secondary N) is 2. The SMILES string of the molecule is COc1cc(-c2cc3nccc(C4CNC(=O)NC4=O)c3o2)cc(OC)c1OC. The van der Waals surface area contributed by atoms with Crippen molar-refractivity contribution in [1.82, 2.24) is 15.6 Å². The monoisotopic (exact) mass is 397 g/mol. The van der Waals surface area contributed by atoms with Crippen LogP contribution in [0.2, 0.25) is 0 Å². The van der Waals surface area contributed by atoms with Gasteiger partial charge >= 0.3 is 6.03 Å². The van der Waals surface area contributed by atoms with Gasteiger partial charge in [-0.1, -0.05) is 0 Å². The molecule has 1 aliphatic rings. The molecule has 29 heavy (non-hydrogen) atoms. The van der Waals surface area contributed by atoms with Crippen molar-refractivity contribution in [2.24, 2.45) is 0 Å². The lowest BCUT2D eigenvalue weighted by atomic mass is 9.97. The van der Waals surface area contributed by atoms with E-state index in [1.54, 1.807) is 30.5 Å². The smallest absolute Gasteiger partial charge is 0.321 e. The first-order valence-electron chi connectivity index (χ1n) is 8.83. The predicted molar refractivity (Wildman–Crippen MR) is 103 cm³/mol. The Kier molecular flexibility index (Phi) is 4.71. The van der Waals surface area contributed by atoms with Gasteiger partial charge in [0.2, 0.25) is 11.7 Å². The molecule has 0 radical (unpaired) electrons. The molecule has 3 aromatic rings. The second-order valence-corrected chi connectivity index (χ2v) is 6.39. The van der Waals surface area contributed by atoms with Gasteiger partial charge in [-0.05, 0) is 18.2 Å². The Bertz CT molecular complexity index is 1080. The highest BCUT2D eigenvalue weighted by atomic mass is 16.5. The third kappa shape index (κ3) is 3.20. The molecule has 1 atom stereocenters. The van der Waals surface area contributed by atoms with Crippen LogP contribution in [0.3, 0.4) is 0 Å². The summed E-state index contributed by atoms with van der Waals surface area (Å²) in [6.45, 7) is 0.185. The maximum Gasteiger partial charge on any atom is 0.321 e. The summed E-state index contributed by atoms with van der Waals surface area (Å²) >= 11 is 0. The van der Waals surface area contributed by atoms with Gasteiger partial charge in [0.05, 0.1) is 27.2 Å². The van der Waals surface area contributed by atoms with Gasteiger partial charge in [0.1, 0.15) is 11.3 Å². The fraction of sp³-hybridized carbons (Fsp3) is 0.250. The normalized spacial score (nSPS) is 16.3. The van der Waals surface area contributed by atoms with Gasteiger partial charge < -0.3 is 23.9 Å². The van der Waals surface area contributed by atoms with E-state index in [0.29, 0.717) is 45.2 Å². The fourth-order valence-corrected chi connectivity index (χ4v) is 3.38. The Hall–Kier alpha value is -3.75. The quantitative estimate of drug-likeness (QED) is 0.680. The molecular formula is C20H19N3O6. The van der Waals surface area contributed by atoms with E-state index in [-0.39, 0.29) is 12.5 Å². The van der Waals surface area contributed by atoms with Gasteiger partial charge in [-0.15, -0.1) is 0 Å². The van der Waals surface area contributed by atoms with Crippen LogP contribution in [0.15, 0.2) is 34.9 Å². The van der Waals surface area contributed by atoms with Gasteiger partial charge in [0, 0.05) is 29.9 Å². The molecule has 9 nitrogen and oxygen atoms in total. The molecule has 150 valence electrons. The lowest BCUT2D eigenvalue weighted by Crippen LogP contribution is -2.50. The van der Waals surface area contributed by atoms with Crippen molar-refractivity contribution in [3.8, 4) is 28.6 Å². The van der Waals surface area contributed by atoms with Crippen molar-refractivity contribution in [2.75, 3.05) is 27.9 Å². The van der Waals surface area contributed by atoms with Crippen LogP contribution in [0.4, 0.5) is 4.79 Å². The number of imide groups is 1. The maximum absolute atomic E-state index is 12.3. The number of rotatable bonds is 5. The Morgan fingerprint density at radius 3 is 2.41 bits per heavy atom. The number of ether oxygens (including phenoxy) is 3. The zero-order valence-corrected chi connectivity index (χ0v) is 16.1. The predicted octanol–water partition coefficient (Wildman–Crippen LogP) is 2.44. The van der Waals surface area contributed by atoms with Gasteiger partial charge in [-0.25, -0.2) is 4.79 Å². The number of carbonyl (C=O) groups excluding carboxylic acids is 2. The molecule has 1 unspecified atom stereocenters. The van der Waals surface area contributed by atoms with E-state index in [0.717, 1.165) is 0 Å². The highest BCUT2D eigenvalue weighted by Gasteiger charge is 2.30. The fourth-order valence-electron chi connectivity index (χ4n) is 3.38. The average molecular weight is 397 g/mol. The molecule has 1 saturated heterocycles. The van der Waals surface area contributed by atoms with Crippen LogP contribution in [0.25, 0.3) is 22.4 Å². The van der Waals surface area contributed by atoms with Crippen LogP contribution in [0, 0.1) is 0 Å². The highest BCUT2D eigenvalue weighted by Crippen LogP contribution is 2.42. The van der Waals surface area contributed by atoms with Crippen molar-refractivity contribution in [2.45, 2.75) is 5.92 Å². The molecule has 2 aromatic heterocycles. The minimum absolute atomic E-state index is 0.185. The number of hydrogen-bond acceptors (Lipinski definition) is 7. The summed E-state index contributed by atoms with van der Waals surface area (Å²) in [4.78, 5) is 28.0. The maximum atomic E-state index is 12.3. The number of urea groups is 1. The number of aromatic nitrogens is 1. The van der Waals surface area contributed by atoms with E-state index in [4.69, 9.17) is 18.6 Å². The number of furan rings is 1. The summed E-state index contributed by atoms with van der Waals surface area (Å²) in [5.41, 5.74) is 2.42. The molecule has 4 rings (SSSR count). The van der Waals surface area contributed by atoms with E-state index < -0.39 is 11.9 Å². The van der Waals surface area contributed by atoms with E-state index in [9.17, 15) is 9.59 Å². The third-order valence-electron chi connectivity index (χ3n) is 4.79. The van der Waals surface area contributed by atoms with Crippen molar-refractivity contribution >= 4 is 23.0 Å². The number of fused-ring (bicyclic) bond motifs is 1. The molecule has 1 aromatic carbocycles. The summed E-state index contributed by atoms with van der Waals surface area (Å²) in [5, 5.41) is 4.90. The minimum atomic E-state index is -0.572. The number of hydrogen-bond donors (Lipinski definition) is 2. The largest absolute Gasteiger partial charge is 0.493 e. The summed E-state index contributed by atoms with van der Waals surface area (Å²) < 4.78 is 22.2. The van der Waals surface area contributed by atoms with Gasteiger partial charge in [0.25, 0.3) is 0 Å². The topological polar surface area (TPSA) is 112 Å². The van der Waals surface area contributed by atoms with Crippen LogP contribution in [-0.2, 0) is 4.79 Å².